The molecule has 1 heterocycles. The molecule has 0 fully saturated rings. The minimum atomic E-state index is 0.214. The Bertz CT molecular complexity index is 663. The lowest BCUT2D eigenvalue weighted by atomic mass is 10.1. The smallest absolute Gasteiger partial charge is 0.215 e. The van der Waals surface area contributed by atoms with Crippen molar-refractivity contribution in [1.82, 2.24) is 20.6 Å². The molecule has 0 aliphatic heterocycles. The van der Waals surface area contributed by atoms with Crippen molar-refractivity contribution in [3.8, 4) is 23.3 Å². The summed E-state index contributed by atoms with van der Waals surface area (Å²) in [5.74, 6) is 1.68. The predicted octanol–water partition coefficient (Wildman–Crippen LogP) is 1.29. The topological polar surface area (TPSA) is 106 Å². The summed E-state index contributed by atoms with van der Waals surface area (Å²) in [5, 5.41) is 22.5. The van der Waals surface area contributed by atoms with Gasteiger partial charge < -0.3 is 14.2 Å². The molecular formula is C13H13N5O3. The van der Waals surface area contributed by atoms with Crippen LogP contribution >= 0.6 is 0 Å². The van der Waals surface area contributed by atoms with Gasteiger partial charge in [-0.3, -0.25) is 0 Å². The molecule has 8 heteroatoms. The Labute approximate surface area is 120 Å². The van der Waals surface area contributed by atoms with Crippen molar-refractivity contribution < 1.29 is 14.2 Å². The lowest BCUT2D eigenvalue weighted by Crippen LogP contribution is -1.96. The van der Waals surface area contributed by atoms with Gasteiger partial charge in [-0.2, -0.15) is 10.5 Å². The molecule has 8 nitrogen and oxygen atoms in total. The van der Waals surface area contributed by atoms with E-state index in [4.69, 9.17) is 14.2 Å². The quantitative estimate of drug-likeness (QED) is 0.826. The lowest BCUT2D eigenvalue weighted by molar-refractivity contribution is 0.324. The molecule has 0 aliphatic carbocycles. The van der Waals surface area contributed by atoms with Crippen LogP contribution in [0.3, 0.4) is 0 Å². The van der Waals surface area contributed by atoms with E-state index in [2.05, 4.69) is 20.6 Å². The number of aromatic amines is 1. The maximum Gasteiger partial charge on any atom is 0.215 e. The number of nitrogens with one attached hydrogen (secondary N) is 1. The number of allylic oxidation sites excluding steroid dienone is 1. The van der Waals surface area contributed by atoms with Crippen molar-refractivity contribution >= 4 is 11.6 Å². The van der Waals surface area contributed by atoms with Crippen LogP contribution in [-0.2, 0) is 0 Å². The minimum absolute atomic E-state index is 0.214. The maximum atomic E-state index is 9.19. The number of hydrogen-bond acceptors (Lipinski definition) is 7. The fourth-order valence-electron chi connectivity index (χ4n) is 1.77. The Hall–Kier alpha value is -3.08. The fraction of sp³-hybridized carbons (Fsp3) is 0.231. The molecule has 1 N–H and O–H groups in total. The van der Waals surface area contributed by atoms with Gasteiger partial charge in [0.25, 0.3) is 0 Å². The van der Waals surface area contributed by atoms with E-state index in [0.29, 0.717) is 22.8 Å². The molecule has 2 rings (SSSR count). The fourth-order valence-corrected chi connectivity index (χ4v) is 1.77. The van der Waals surface area contributed by atoms with Crippen molar-refractivity contribution in [3.05, 3.63) is 23.5 Å². The van der Waals surface area contributed by atoms with Crippen LogP contribution in [0.15, 0.2) is 12.1 Å². The number of nitrogens with zero attached hydrogens (tertiary/aromatic N) is 4. The average molecular weight is 287 g/mol. The maximum absolute atomic E-state index is 9.19. The highest BCUT2D eigenvalue weighted by Gasteiger charge is 2.13. The van der Waals surface area contributed by atoms with E-state index in [1.807, 2.05) is 6.07 Å². The second-order valence-corrected chi connectivity index (χ2v) is 3.86. The van der Waals surface area contributed by atoms with E-state index in [1.165, 1.54) is 21.3 Å². The number of rotatable bonds is 5. The first-order valence-electron chi connectivity index (χ1n) is 5.89. The van der Waals surface area contributed by atoms with Crippen LogP contribution in [0.5, 0.6) is 17.2 Å². The van der Waals surface area contributed by atoms with Crippen LogP contribution in [0.1, 0.15) is 11.4 Å². The zero-order valence-corrected chi connectivity index (χ0v) is 11.7. The first-order valence-corrected chi connectivity index (χ1v) is 5.89. The molecule has 0 bridgehead atoms. The van der Waals surface area contributed by atoms with Crippen LogP contribution < -0.4 is 14.2 Å². The third-order valence-electron chi connectivity index (χ3n) is 2.70. The molecule has 0 atom stereocenters. The summed E-state index contributed by atoms with van der Waals surface area (Å²) in [4.78, 5) is 0. The highest BCUT2D eigenvalue weighted by atomic mass is 16.5. The van der Waals surface area contributed by atoms with Crippen LogP contribution in [0.2, 0.25) is 0 Å². The standard InChI is InChI=1S/C13H13N5O3/c1-19-10-5-8(6-11(20-2)12(10)21-3)4-9(7-14)13-15-17-18-16-13/h4-6H,1-3H3,(H,15,16,17,18). The van der Waals surface area contributed by atoms with Gasteiger partial charge in [-0.15, -0.1) is 10.2 Å². The Morgan fingerprint density at radius 3 is 2.29 bits per heavy atom. The second kappa shape index (κ2) is 6.38. The number of benzene rings is 1. The Balaban J connectivity index is 2.52. The van der Waals surface area contributed by atoms with Crippen LogP contribution in [-0.4, -0.2) is 42.0 Å². The molecule has 21 heavy (non-hydrogen) atoms. The molecule has 0 aliphatic rings. The summed E-state index contributed by atoms with van der Waals surface area (Å²) in [6.07, 6.45) is 1.61. The van der Waals surface area contributed by atoms with Gasteiger partial charge in [-0.25, -0.2) is 0 Å². The van der Waals surface area contributed by atoms with Gasteiger partial charge in [0.15, 0.2) is 11.5 Å². The lowest BCUT2D eigenvalue weighted by Gasteiger charge is -2.12. The summed E-state index contributed by atoms with van der Waals surface area (Å²) in [7, 11) is 4.57. The highest BCUT2D eigenvalue weighted by Crippen LogP contribution is 2.38. The van der Waals surface area contributed by atoms with Gasteiger partial charge in [-0.05, 0) is 29.0 Å². The Morgan fingerprint density at radius 2 is 1.86 bits per heavy atom. The number of tetrazole rings is 1. The number of hydrogen-bond donors (Lipinski definition) is 1. The van der Waals surface area contributed by atoms with E-state index in [1.54, 1.807) is 18.2 Å². The normalized spacial score (nSPS) is 10.9. The molecule has 108 valence electrons. The SMILES string of the molecule is COc1cc(C=C(C#N)c2nn[nH]n2)cc(OC)c1OC. The van der Waals surface area contributed by atoms with Crippen molar-refractivity contribution in [1.29, 1.82) is 5.26 Å². The first kappa shape index (κ1) is 14.3. The second-order valence-electron chi connectivity index (χ2n) is 3.86. The molecule has 1 aromatic carbocycles. The number of aromatic nitrogens is 4. The zero-order chi connectivity index (χ0) is 15.2. The summed E-state index contributed by atoms with van der Waals surface area (Å²) in [6.45, 7) is 0. The summed E-state index contributed by atoms with van der Waals surface area (Å²) in [6, 6.07) is 5.46. The number of H-pyrrole nitrogens is 1. The molecule has 2 aromatic rings. The molecule has 0 spiro atoms. The van der Waals surface area contributed by atoms with Gasteiger partial charge in [0, 0.05) is 0 Å². The molecule has 0 saturated carbocycles. The molecule has 0 radical (unpaired) electrons. The van der Waals surface area contributed by atoms with Crippen molar-refractivity contribution in [3.63, 3.8) is 0 Å². The van der Waals surface area contributed by atoms with Gasteiger partial charge in [0.1, 0.15) is 11.6 Å². The summed E-state index contributed by atoms with van der Waals surface area (Å²) in [5.41, 5.74) is 0.948. The Morgan fingerprint density at radius 1 is 1.19 bits per heavy atom. The van der Waals surface area contributed by atoms with E-state index >= 15 is 0 Å². The third-order valence-corrected chi connectivity index (χ3v) is 2.70. The van der Waals surface area contributed by atoms with E-state index in [9.17, 15) is 5.26 Å². The van der Waals surface area contributed by atoms with Crippen molar-refractivity contribution in [2.24, 2.45) is 0 Å². The Kier molecular flexibility index (Phi) is 4.36. The first-order chi connectivity index (χ1) is 10.2. The third kappa shape index (κ3) is 2.92. The van der Waals surface area contributed by atoms with Gasteiger partial charge in [-0.1, -0.05) is 0 Å². The van der Waals surface area contributed by atoms with Crippen LogP contribution in [0.4, 0.5) is 0 Å². The highest BCUT2D eigenvalue weighted by molar-refractivity contribution is 5.87. The monoisotopic (exact) mass is 287 g/mol. The molecule has 1 aromatic heterocycles. The van der Waals surface area contributed by atoms with E-state index in [-0.39, 0.29) is 11.4 Å². The largest absolute Gasteiger partial charge is 0.493 e. The zero-order valence-electron chi connectivity index (χ0n) is 11.7. The molecule has 0 amide bonds. The van der Waals surface area contributed by atoms with Gasteiger partial charge >= 0.3 is 0 Å². The molecular weight excluding hydrogens is 274 g/mol. The minimum Gasteiger partial charge on any atom is -0.493 e. The number of ether oxygens (including phenoxy) is 3. The number of methoxy groups -OCH3 is 3. The molecule has 0 unspecified atom stereocenters. The van der Waals surface area contributed by atoms with Crippen LogP contribution in [0, 0.1) is 11.3 Å². The van der Waals surface area contributed by atoms with E-state index in [0.717, 1.165) is 0 Å². The summed E-state index contributed by atoms with van der Waals surface area (Å²) >= 11 is 0. The number of nitriles is 1. The summed E-state index contributed by atoms with van der Waals surface area (Å²) < 4.78 is 15.8. The molecule has 0 saturated heterocycles. The van der Waals surface area contributed by atoms with Crippen molar-refractivity contribution in [2.45, 2.75) is 0 Å². The van der Waals surface area contributed by atoms with Gasteiger partial charge in [0.2, 0.25) is 11.6 Å². The van der Waals surface area contributed by atoms with E-state index < -0.39 is 0 Å². The average Bonchev–Trinajstić information content (AvgIpc) is 3.05. The predicted molar refractivity (Wildman–Crippen MR) is 73.8 cm³/mol. The van der Waals surface area contributed by atoms with Gasteiger partial charge in [0.05, 0.1) is 21.3 Å². The van der Waals surface area contributed by atoms with Crippen molar-refractivity contribution in [2.75, 3.05) is 21.3 Å². The van der Waals surface area contributed by atoms with Crippen LogP contribution in [0.25, 0.3) is 11.6 Å².